The van der Waals surface area contributed by atoms with Crippen LogP contribution in [0.4, 0.5) is 0 Å². The number of esters is 1. The summed E-state index contributed by atoms with van der Waals surface area (Å²) in [6.07, 6.45) is 3.83. The molecule has 1 saturated heterocycles. The van der Waals surface area contributed by atoms with Crippen molar-refractivity contribution in [2.75, 3.05) is 13.7 Å². The molecule has 0 amide bonds. The summed E-state index contributed by atoms with van der Waals surface area (Å²) < 4.78 is 10.5. The molecule has 0 bridgehead atoms. The minimum atomic E-state index is -0.925. The van der Waals surface area contributed by atoms with E-state index in [0.717, 1.165) is 19.3 Å². The lowest BCUT2D eigenvalue weighted by molar-refractivity contribution is -0.154. The van der Waals surface area contributed by atoms with E-state index in [-0.39, 0.29) is 0 Å². The van der Waals surface area contributed by atoms with Crippen molar-refractivity contribution in [3.8, 4) is 0 Å². The molecular weight excluding hydrogens is 224 g/mol. The van der Waals surface area contributed by atoms with Gasteiger partial charge in [0.2, 0.25) is 0 Å². The third kappa shape index (κ3) is 2.29. The summed E-state index contributed by atoms with van der Waals surface area (Å²) in [5.41, 5.74) is -0.403. The van der Waals surface area contributed by atoms with Crippen molar-refractivity contribution in [2.24, 2.45) is 11.8 Å². The first-order valence-electron chi connectivity index (χ1n) is 6.02. The Bertz CT molecular complexity index is 319. The van der Waals surface area contributed by atoms with Gasteiger partial charge in [-0.3, -0.25) is 9.59 Å². The van der Waals surface area contributed by atoms with Gasteiger partial charge in [-0.25, -0.2) is 0 Å². The van der Waals surface area contributed by atoms with Crippen LogP contribution in [0.5, 0.6) is 0 Å². The Hall–Kier alpha value is -1.10. The maximum atomic E-state index is 11.6. The lowest BCUT2D eigenvalue weighted by atomic mass is 9.91. The second-order valence-electron chi connectivity index (χ2n) is 4.97. The summed E-state index contributed by atoms with van der Waals surface area (Å²) in [5, 5.41) is 9.18. The van der Waals surface area contributed by atoms with Crippen LogP contribution in [0.1, 0.15) is 32.1 Å². The highest BCUT2D eigenvalue weighted by molar-refractivity contribution is 5.82. The molecule has 2 rings (SSSR count). The van der Waals surface area contributed by atoms with Gasteiger partial charge in [0.1, 0.15) is 0 Å². The van der Waals surface area contributed by atoms with E-state index in [1.54, 1.807) is 0 Å². The number of rotatable bonds is 2. The number of carbonyl (C=O) groups is 2. The van der Waals surface area contributed by atoms with Gasteiger partial charge in [0.25, 0.3) is 0 Å². The fourth-order valence-electron chi connectivity index (χ4n) is 3.06. The van der Waals surface area contributed by atoms with Crippen molar-refractivity contribution >= 4 is 11.9 Å². The van der Waals surface area contributed by atoms with Gasteiger partial charge < -0.3 is 14.6 Å². The molecule has 1 saturated carbocycles. The Morgan fingerprint density at radius 1 is 1.29 bits per heavy atom. The largest absolute Gasteiger partial charge is 0.481 e. The minimum absolute atomic E-state index is 0.403. The molecule has 0 radical (unpaired) electrons. The molecule has 2 aliphatic rings. The predicted octanol–water partition coefficient (Wildman–Crippen LogP) is 1.21. The Kier molecular flexibility index (Phi) is 3.38. The van der Waals surface area contributed by atoms with Gasteiger partial charge in [-0.15, -0.1) is 0 Å². The Balaban J connectivity index is 2.15. The molecule has 5 heteroatoms. The molecule has 0 aromatic heterocycles. The van der Waals surface area contributed by atoms with Crippen molar-refractivity contribution in [2.45, 2.75) is 37.7 Å². The SMILES string of the molecule is COC(=O)[C@H]1CC2(CCCCO2)C[C@H]1C(=O)O. The zero-order chi connectivity index (χ0) is 12.5. The third-order valence-corrected chi connectivity index (χ3v) is 3.93. The average Bonchev–Trinajstić information content (AvgIpc) is 2.69. The number of hydrogen-bond acceptors (Lipinski definition) is 4. The summed E-state index contributed by atoms with van der Waals surface area (Å²) in [5.74, 6) is -2.58. The summed E-state index contributed by atoms with van der Waals surface area (Å²) in [6, 6.07) is 0. The monoisotopic (exact) mass is 242 g/mol. The van der Waals surface area contributed by atoms with Gasteiger partial charge in [0.15, 0.2) is 0 Å². The molecule has 1 spiro atoms. The molecule has 3 atom stereocenters. The second-order valence-corrected chi connectivity index (χ2v) is 4.97. The molecule has 2 fully saturated rings. The highest BCUT2D eigenvalue weighted by atomic mass is 16.5. The fraction of sp³-hybridized carbons (Fsp3) is 0.833. The van der Waals surface area contributed by atoms with Gasteiger partial charge in [-0.05, 0) is 32.1 Å². The molecule has 1 heterocycles. The molecule has 96 valence electrons. The van der Waals surface area contributed by atoms with Gasteiger partial charge >= 0.3 is 11.9 Å². The standard InChI is InChI=1S/C12H18O5/c1-16-11(15)9-7-12(4-2-3-5-17-12)6-8(9)10(13)14/h8-9H,2-7H2,1H3,(H,13,14)/t8-,9+,12?/m1/s1. The zero-order valence-electron chi connectivity index (χ0n) is 9.98. The number of methoxy groups -OCH3 is 1. The van der Waals surface area contributed by atoms with E-state index in [1.807, 2.05) is 0 Å². The smallest absolute Gasteiger partial charge is 0.309 e. The highest BCUT2D eigenvalue weighted by Crippen LogP contribution is 2.46. The van der Waals surface area contributed by atoms with E-state index >= 15 is 0 Å². The van der Waals surface area contributed by atoms with E-state index in [0.29, 0.717) is 19.4 Å². The van der Waals surface area contributed by atoms with Crippen LogP contribution in [0.3, 0.4) is 0 Å². The summed E-state index contributed by atoms with van der Waals surface area (Å²) in [7, 11) is 1.30. The molecule has 0 aromatic rings. The van der Waals surface area contributed by atoms with Crippen LogP contribution in [0.25, 0.3) is 0 Å². The normalized spacial score (nSPS) is 37.0. The van der Waals surface area contributed by atoms with Gasteiger partial charge in [-0.1, -0.05) is 0 Å². The van der Waals surface area contributed by atoms with Gasteiger partial charge in [0.05, 0.1) is 24.5 Å². The van der Waals surface area contributed by atoms with Crippen LogP contribution in [0.2, 0.25) is 0 Å². The quantitative estimate of drug-likeness (QED) is 0.737. The van der Waals surface area contributed by atoms with Gasteiger partial charge in [0, 0.05) is 6.61 Å². The first-order chi connectivity index (χ1) is 8.08. The number of carboxylic acids is 1. The maximum absolute atomic E-state index is 11.6. The highest BCUT2D eigenvalue weighted by Gasteiger charge is 2.52. The van der Waals surface area contributed by atoms with Crippen molar-refractivity contribution < 1.29 is 24.2 Å². The number of ether oxygens (including phenoxy) is 2. The van der Waals surface area contributed by atoms with Crippen LogP contribution in [0.15, 0.2) is 0 Å². The van der Waals surface area contributed by atoms with Crippen molar-refractivity contribution in [3.63, 3.8) is 0 Å². The first kappa shape index (κ1) is 12.4. The predicted molar refractivity (Wildman–Crippen MR) is 58.4 cm³/mol. The van der Waals surface area contributed by atoms with E-state index in [2.05, 4.69) is 0 Å². The molecule has 1 aliphatic carbocycles. The Labute approximate surface area is 100 Å². The van der Waals surface area contributed by atoms with Crippen molar-refractivity contribution in [1.29, 1.82) is 0 Å². The Morgan fingerprint density at radius 3 is 2.53 bits per heavy atom. The molecular formula is C12H18O5. The van der Waals surface area contributed by atoms with Gasteiger partial charge in [-0.2, -0.15) is 0 Å². The molecule has 17 heavy (non-hydrogen) atoms. The molecule has 0 aromatic carbocycles. The lowest BCUT2D eigenvalue weighted by Crippen LogP contribution is -2.34. The summed E-state index contributed by atoms with van der Waals surface area (Å²) >= 11 is 0. The van der Waals surface area contributed by atoms with E-state index in [1.165, 1.54) is 7.11 Å². The fourth-order valence-corrected chi connectivity index (χ4v) is 3.06. The van der Waals surface area contributed by atoms with E-state index in [9.17, 15) is 14.7 Å². The molecule has 1 N–H and O–H groups in total. The van der Waals surface area contributed by atoms with Crippen molar-refractivity contribution in [3.05, 3.63) is 0 Å². The van der Waals surface area contributed by atoms with Crippen LogP contribution < -0.4 is 0 Å². The second kappa shape index (κ2) is 4.64. The third-order valence-electron chi connectivity index (χ3n) is 3.93. The summed E-state index contributed by atoms with van der Waals surface area (Å²) in [4.78, 5) is 22.8. The van der Waals surface area contributed by atoms with Crippen molar-refractivity contribution in [1.82, 2.24) is 0 Å². The van der Waals surface area contributed by atoms with Crippen LogP contribution in [-0.4, -0.2) is 36.4 Å². The minimum Gasteiger partial charge on any atom is -0.481 e. The number of aliphatic carboxylic acids is 1. The lowest BCUT2D eigenvalue weighted by Gasteiger charge is -2.33. The number of carbonyl (C=O) groups excluding carboxylic acids is 1. The number of carboxylic acid groups (broad SMARTS) is 1. The van der Waals surface area contributed by atoms with Crippen LogP contribution in [0, 0.1) is 11.8 Å². The maximum Gasteiger partial charge on any atom is 0.309 e. The molecule has 1 unspecified atom stereocenters. The molecule has 1 aliphatic heterocycles. The van der Waals surface area contributed by atoms with Crippen LogP contribution in [-0.2, 0) is 19.1 Å². The van der Waals surface area contributed by atoms with Crippen LogP contribution >= 0.6 is 0 Å². The summed E-state index contributed by atoms with van der Waals surface area (Å²) in [6.45, 7) is 0.667. The topological polar surface area (TPSA) is 72.8 Å². The van der Waals surface area contributed by atoms with E-state index in [4.69, 9.17) is 9.47 Å². The molecule has 5 nitrogen and oxygen atoms in total. The first-order valence-corrected chi connectivity index (χ1v) is 6.02. The zero-order valence-corrected chi connectivity index (χ0v) is 9.98. The number of hydrogen-bond donors (Lipinski definition) is 1. The Morgan fingerprint density at radius 2 is 2.00 bits per heavy atom. The average molecular weight is 242 g/mol. The van der Waals surface area contributed by atoms with E-state index < -0.39 is 29.4 Å².